The minimum atomic E-state index is -0.370. The highest BCUT2D eigenvalue weighted by atomic mass is 16.6. The number of carbonyl (C=O) groups excluding carboxylic acids is 2. The molecule has 0 bridgehead atoms. The van der Waals surface area contributed by atoms with Crippen LogP contribution in [0.4, 0.5) is 10.5 Å². The molecule has 0 saturated carbocycles. The SMILES string of the molecule is CC(C)c1ccc(/C=C/C(=O)c2cccc(N3CCOC3=O)c2)cc1. The van der Waals surface area contributed by atoms with E-state index in [1.807, 2.05) is 18.2 Å². The van der Waals surface area contributed by atoms with Crippen LogP contribution in [-0.2, 0) is 4.74 Å². The van der Waals surface area contributed by atoms with Crippen molar-refractivity contribution < 1.29 is 14.3 Å². The molecule has 0 radical (unpaired) electrons. The molecule has 0 N–H and O–H groups in total. The third kappa shape index (κ3) is 3.97. The van der Waals surface area contributed by atoms with Crippen LogP contribution in [-0.4, -0.2) is 25.0 Å². The van der Waals surface area contributed by atoms with Gasteiger partial charge in [0.05, 0.1) is 6.54 Å². The largest absolute Gasteiger partial charge is 0.447 e. The van der Waals surface area contributed by atoms with Crippen molar-refractivity contribution in [1.82, 2.24) is 0 Å². The summed E-state index contributed by atoms with van der Waals surface area (Å²) in [5.41, 5.74) is 3.49. The topological polar surface area (TPSA) is 46.6 Å². The van der Waals surface area contributed by atoms with E-state index in [-0.39, 0.29) is 11.9 Å². The minimum absolute atomic E-state index is 0.0950. The molecule has 4 heteroatoms. The zero-order chi connectivity index (χ0) is 17.8. The highest BCUT2D eigenvalue weighted by molar-refractivity contribution is 6.07. The first-order valence-electron chi connectivity index (χ1n) is 8.41. The molecule has 4 nitrogen and oxygen atoms in total. The van der Waals surface area contributed by atoms with Gasteiger partial charge in [0.15, 0.2) is 5.78 Å². The fourth-order valence-electron chi connectivity index (χ4n) is 2.72. The van der Waals surface area contributed by atoms with Crippen molar-refractivity contribution >= 4 is 23.6 Å². The van der Waals surface area contributed by atoms with Crippen molar-refractivity contribution in [1.29, 1.82) is 0 Å². The average molecular weight is 335 g/mol. The molecule has 2 aromatic carbocycles. The molecule has 1 heterocycles. The highest BCUT2D eigenvalue weighted by Gasteiger charge is 2.23. The van der Waals surface area contributed by atoms with Crippen LogP contribution in [0.5, 0.6) is 0 Å². The summed E-state index contributed by atoms with van der Waals surface area (Å²) in [6, 6.07) is 15.2. The Bertz CT molecular complexity index is 806. The number of amides is 1. The van der Waals surface area contributed by atoms with Crippen molar-refractivity contribution in [3.63, 3.8) is 0 Å². The normalized spacial score (nSPS) is 14.4. The molecule has 0 atom stereocenters. The van der Waals surface area contributed by atoms with Crippen LogP contribution < -0.4 is 4.90 Å². The van der Waals surface area contributed by atoms with Crippen molar-refractivity contribution in [2.24, 2.45) is 0 Å². The predicted octanol–water partition coefficient (Wildman–Crippen LogP) is 4.66. The number of ketones is 1. The van der Waals surface area contributed by atoms with Gasteiger partial charge in [0.2, 0.25) is 0 Å². The van der Waals surface area contributed by atoms with Gasteiger partial charge in [-0.2, -0.15) is 0 Å². The number of hydrogen-bond acceptors (Lipinski definition) is 3. The molecule has 25 heavy (non-hydrogen) atoms. The summed E-state index contributed by atoms with van der Waals surface area (Å²) < 4.78 is 4.94. The Kier molecular flexibility index (Phi) is 4.98. The lowest BCUT2D eigenvalue weighted by Gasteiger charge is -2.13. The summed E-state index contributed by atoms with van der Waals surface area (Å²) in [7, 11) is 0. The number of carbonyl (C=O) groups is 2. The molecular weight excluding hydrogens is 314 g/mol. The fraction of sp³-hybridized carbons (Fsp3) is 0.238. The van der Waals surface area contributed by atoms with E-state index >= 15 is 0 Å². The molecule has 128 valence electrons. The maximum Gasteiger partial charge on any atom is 0.414 e. The van der Waals surface area contributed by atoms with Gasteiger partial charge in [-0.3, -0.25) is 9.69 Å². The number of hydrogen-bond donors (Lipinski definition) is 0. The number of rotatable bonds is 5. The summed E-state index contributed by atoms with van der Waals surface area (Å²) in [4.78, 5) is 25.6. The summed E-state index contributed by atoms with van der Waals surface area (Å²) in [6.07, 6.45) is 3.00. The van der Waals surface area contributed by atoms with Crippen molar-refractivity contribution in [3.8, 4) is 0 Å². The van der Waals surface area contributed by atoms with E-state index in [9.17, 15) is 9.59 Å². The molecule has 1 saturated heterocycles. The Morgan fingerprint density at radius 3 is 2.56 bits per heavy atom. The Balaban J connectivity index is 1.73. The molecule has 3 rings (SSSR count). The van der Waals surface area contributed by atoms with Crippen molar-refractivity contribution in [2.75, 3.05) is 18.1 Å². The van der Waals surface area contributed by atoms with E-state index in [1.165, 1.54) is 10.5 Å². The monoisotopic (exact) mass is 335 g/mol. The first-order valence-corrected chi connectivity index (χ1v) is 8.41. The van der Waals surface area contributed by atoms with Gasteiger partial charge >= 0.3 is 6.09 Å². The highest BCUT2D eigenvalue weighted by Crippen LogP contribution is 2.21. The smallest absolute Gasteiger partial charge is 0.414 e. The number of benzene rings is 2. The molecule has 1 aliphatic heterocycles. The van der Waals surface area contributed by atoms with Gasteiger partial charge in [-0.15, -0.1) is 0 Å². The molecule has 0 aliphatic carbocycles. The summed E-state index contributed by atoms with van der Waals surface area (Å²) >= 11 is 0. The number of nitrogens with zero attached hydrogens (tertiary/aromatic N) is 1. The van der Waals surface area contributed by atoms with Crippen LogP contribution >= 0.6 is 0 Å². The first-order chi connectivity index (χ1) is 12.0. The van der Waals surface area contributed by atoms with Crippen LogP contribution in [0, 0.1) is 0 Å². The molecule has 1 amide bonds. The van der Waals surface area contributed by atoms with E-state index in [4.69, 9.17) is 4.74 Å². The third-order valence-electron chi connectivity index (χ3n) is 4.23. The van der Waals surface area contributed by atoms with Gasteiger partial charge in [-0.1, -0.05) is 56.3 Å². The van der Waals surface area contributed by atoms with Crippen LogP contribution in [0.2, 0.25) is 0 Å². The Hall–Kier alpha value is -2.88. The van der Waals surface area contributed by atoms with Gasteiger partial charge in [0.25, 0.3) is 0 Å². The Labute approximate surface area is 147 Å². The van der Waals surface area contributed by atoms with Crippen molar-refractivity contribution in [3.05, 3.63) is 71.3 Å². The fourth-order valence-corrected chi connectivity index (χ4v) is 2.72. The number of ether oxygens (including phenoxy) is 1. The van der Waals surface area contributed by atoms with E-state index in [1.54, 1.807) is 30.3 Å². The van der Waals surface area contributed by atoms with Gasteiger partial charge in [-0.05, 0) is 35.3 Å². The quantitative estimate of drug-likeness (QED) is 0.589. The summed E-state index contributed by atoms with van der Waals surface area (Å²) in [5, 5.41) is 0. The van der Waals surface area contributed by atoms with Gasteiger partial charge < -0.3 is 4.74 Å². The molecular formula is C21H21NO3. The molecule has 1 fully saturated rings. The standard InChI is InChI=1S/C21H21NO3/c1-15(2)17-9-6-16(7-10-17)8-11-20(23)18-4-3-5-19(14-18)22-12-13-25-21(22)24/h3-11,14-15H,12-13H2,1-2H3/b11-8+. The lowest BCUT2D eigenvalue weighted by Crippen LogP contribution is -2.23. The maximum atomic E-state index is 12.4. The van der Waals surface area contributed by atoms with E-state index < -0.39 is 0 Å². The lowest BCUT2D eigenvalue weighted by molar-refractivity contribution is 0.104. The number of cyclic esters (lactones) is 1. The lowest BCUT2D eigenvalue weighted by atomic mass is 10.0. The second-order valence-electron chi connectivity index (χ2n) is 6.34. The van der Waals surface area contributed by atoms with Gasteiger partial charge in [0, 0.05) is 11.3 Å². The van der Waals surface area contributed by atoms with E-state index in [2.05, 4.69) is 26.0 Å². The minimum Gasteiger partial charge on any atom is -0.447 e. The molecule has 0 aromatic heterocycles. The van der Waals surface area contributed by atoms with Crippen LogP contribution in [0.15, 0.2) is 54.6 Å². The molecule has 2 aromatic rings. The Morgan fingerprint density at radius 1 is 1.16 bits per heavy atom. The third-order valence-corrected chi connectivity index (χ3v) is 4.23. The van der Waals surface area contributed by atoms with Crippen LogP contribution in [0.25, 0.3) is 6.08 Å². The van der Waals surface area contributed by atoms with Crippen molar-refractivity contribution in [2.45, 2.75) is 19.8 Å². The van der Waals surface area contributed by atoms with Gasteiger partial charge in [0.1, 0.15) is 6.61 Å². The summed E-state index contributed by atoms with van der Waals surface area (Å²) in [5.74, 6) is 0.391. The first kappa shape index (κ1) is 17.0. The second kappa shape index (κ2) is 7.34. The zero-order valence-corrected chi connectivity index (χ0v) is 14.4. The average Bonchev–Trinajstić information content (AvgIpc) is 3.06. The predicted molar refractivity (Wildman–Crippen MR) is 99.0 cm³/mol. The molecule has 0 unspecified atom stereocenters. The Morgan fingerprint density at radius 2 is 1.92 bits per heavy atom. The van der Waals surface area contributed by atoms with Crippen LogP contribution in [0.1, 0.15) is 41.3 Å². The van der Waals surface area contributed by atoms with E-state index in [0.717, 1.165) is 5.56 Å². The molecule has 1 aliphatic rings. The zero-order valence-electron chi connectivity index (χ0n) is 14.4. The maximum absolute atomic E-state index is 12.4. The number of allylic oxidation sites excluding steroid dienone is 1. The van der Waals surface area contributed by atoms with Crippen LogP contribution in [0.3, 0.4) is 0 Å². The molecule has 0 spiro atoms. The summed E-state index contributed by atoms with van der Waals surface area (Å²) in [6.45, 7) is 5.19. The van der Waals surface area contributed by atoms with Gasteiger partial charge in [-0.25, -0.2) is 4.79 Å². The second-order valence-corrected chi connectivity index (χ2v) is 6.34. The number of anilines is 1. The van der Waals surface area contributed by atoms with E-state index in [0.29, 0.717) is 30.3 Å².